The van der Waals surface area contributed by atoms with Gasteiger partial charge in [0, 0.05) is 12.1 Å². The van der Waals surface area contributed by atoms with Gasteiger partial charge in [0.25, 0.3) is 0 Å². The van der Waals surface area contributed by atoms with Gasteiger partial charge in [0.2, 0.25) is 11.8 Å². The zero-order valence-corrected chi connectivity index (χ0v) is 15.0. The molecule has 0 bridgehead atoms. The second-order valence-electron chi connectivity index (χ2n) is 5.77. The number of benzene rings is 2. The maximum Gasteiger partial charge on any atom is 0.237 e. The third-order valence-corrected chi connectivity index (χ3v) is 4.06. The van der Waals surface area contributed by atoms with Crippen molar-refractivity contribution in [3.05, 3.63) is 65.7 Å². The van der Waals surface area contributed by atoms with E-state index >= 15 is 0 Å². The summed E-state index contributed by atoms with van der Waals surface area (Å²) in [5.41, 5.74) is 13.8. The predicted octanol–water partition coefficient (Wildman–Crippen LogP) is 2.70. The number of amides is 2. The summed E-state index contributed by atoms with van der Waals surface area (Å²) in [5.74, 6) is -0.640. The molecular formula is C19H24ClN3O2. The third-order valence-electron chi connectivity index (χ3n) is 4.06. The van der Waals surface area contributed by atoms with E-state index in [2.05, 4.69) is 0 Å². The molecule has 2 rings (SSSR count). The summed E-state index contributed by atoms with van der Waals surface area (Å²) in [6, 6.07) is 16.8. The molecule has 0 fully saturated rings. The van der Waals surface area contributed by atoms with Crippen LogP contribution in [-0.4, -0.2) is 23.3 Å². The van der Waals surface area contributed by atoms with Crippen LogP contribution in [0, 0.1) is 0 Å². The molecule has 0 heterocycles. The molecular weight excluding hydrogens is 338 g/mol. The Bertz CT molecular complexity index is 707. The molecule has 2 aromatic carbocycles. The topological polar surface area (TPSA) is 89.4 Å². The fraction of sp³-hybridized carbons (Fsp3) is 0.263. The van der Waals surface area contributed by atoms with E-state index in [0.29, 0.717) is 12.1 Å². The Kier molecular flexibility index (Phi) is 7.95. The fourth-order valence-electron chi connectivity index (χ4n) is 2.67. The van der Waals surface area contributed by atoms with Crippen LogP contribution < -0.4 is 11.5 Å². The van der Waals surface area contributed by atoms with Gasteiger partial charge in [0.05, 0.1) is 12.6 Å². The van der Waals surface area contributed by atoms with Crippen LogP contribution in [0.1, 0.15) is 30.5 Å². The number of aryl methyl sites for hydroxylation is 1. The lowest BCUT2D eigenvalue weighted by Crippen LogP contribution is -2.40. The van der Waals surface area contributed by atoms with Crippen molar-refractivity contribution < 1.29 is 9.59 Å². The number of carbonyl (C=O) groups excluding carboxylic acids is 2. The number of primary amides is 1. The molecule has 4 N–H and O–H groups in total. The number of hydrogen-bond donors (Lipinski definition) is 2. The van der Waals surface area contributed by atoms with Gasteiger partial charge >= 0.3 is 0 Å². The van der Waals surface area contributed by atoms with Crippen LogP contribution >= 0.6 is 12.4 Å². The molecule has 0 aromatic heterocycles. The van der Waals surface area contributed by atoms with Crippen molar-refractivity contribution in [3.63, 3.8) is 0 Å². The molecule has 1 atom stereocenters. The van der Waals surface area contributed by atoms with Crippen LogP contribution in [0.2, 0.25) is 0 Å². The highest BCUT2D eigenvalue weighted by Crippen LogP contribution is 2.21. The van der Waals surface area contributed by atoms with Crippen molar-refractivity contribution in [1.29, 1.82) is 0 Å². The van der Waals surface area contributed by atoms with Gasteiger partial charge < -0.3 is 16.4 Å². The van der Waals surface area contributed by atoms with Gasteiger partial charge in [-0.15, -0.1) is 12.4 Å². The zero-order valence-electron chi connectivity index (χ0n) is 14.2. The first-order valence-corrected chi connectivity index (χ1v) is 7.95. The Morgan fingerprint density at radius 3 is 2.24 bits per heavy atom. The lowest BCUT2D eigenvalue weighted by atomic mass is 10.0. The number of para-hydroxylation sites is 1. The number of nitrogens with two attached hydrogens (primary N) is 2. The van der Waals surface area contributed by atoms with Crippen LogP contribution in [0.25, 0.3) is 0 Å². The van der Waals surface area contributed by atoms with Gasteiger partial charge in [-0.2, -0.15) is 0 Å². The molecule has 25 heavy (non-hydrogen) atoms. The fourth-order valence-corrected chi connectivity index (χ4v) is 2.67. The Hall–Kier alpha value is -2.53. The molecule has 0 spiro atoms. The lowest BCUT2D eigenvalue weighted by molar-refractivity contribution is -0.137. The van der Waals surface area contributed by atoms with E-state index in [9.17, 15) is 9.59 Å². The average Bonchev–Trinajstić information content (AvgIpc) is 2.58. The zero-order chi connectivity index (χ0) is 17.5. The summed E-state index contributed by atoms with van der Waals surface area (Å²) < 4.78 is 0. The van der Waals surface area contributed by atoms with Gasteiger partial charge in [-0.1, -0.05) is 48.5 Å². The Balaban J connectivity index is 0.00000312. The molecule has 0 aliphatic rings. The lowest BCUT2D eigenvalue weighted by Gasteiger charge is -2.28. The van der Waals surface area contributed by atoms with E-state index < -0.39 is 5.91 Å². The Labute approximate surface area is 154 Å². The number of halogens is 1. The largest absolute Gasteiger partial charge is 0.399 e. The molecule has 0 saturated carbocycles. The number of carbonyl (C=O) groups is 2. The van der Waals surface area contributed by atoms with Crippen LogP contribution in [0.5, 0.6) is 0 Å². The summed E-state index contributed by atoms with van der Waals surface area (Å²) in [6.07, 6.45) is 0.806. The van der Waals surface area contributed by atoms with Crippen LogP contribution in [0.15, 0.2) is 54.6 Å². The number of anilines is 1. The van der Waals surface area contributed by atoms with E-state index in [0.717, 1.165) is 11.1 Å². The number of rotatable bonds is 7. The highest BCUT2D eigenvalue weighted by molar-refractivity contribution is 5.85. The summed E-state index contributed by atoms with van der Waals surface area (Å²) in [6.45, 7) is 1.80. The standard InChI is InChI=1S/C19H23N3O2.ClH/c1-14(15-7-3-2-4-8-15)22(13-18(21)23)19(24)12-11-16-9-5-6-10-17(16)20;/h2-10,14H,11-13,20H2,1H3,(H2,21,23);1H/t14-;/m1./s1. The van der Waals surface area contributed by atoms with E-state index in [1.165, 1.54) is 4.90 Å². The van der Waals surface area contributed by atoms with Crippen molar-refractivity contribution >= 4 is 29.9 Å². The number of nitrogens with zero attached hydrogens (tertiary/aromatic N) is 1. The molecule has 0 aliphatic carbocycles. The van der Waals surface area contributed by atoms with Crippen molar-refractivity contribution in [2.75, 3.05) is 12.3 Å². The highest BCUT2D eigenvalue weighted by atomic mass is 35.5. The quantitative estimate of drug-likeness (QED) is 0.743. The third kappa shape index (κ3) is 5.80. The number of hydrogen-bond acceptors (Lipinski definition) is 3. The van der Waals surface area contributed by atoms with Gasteiger partial charge in [-0.25, -0.2) is 0 Å². The van der Waals surface area contributed by atoms with Crippen molar-refractivity contribution in [1.82, 2.24) is 4.90 Å². The molecule has 0 aliphatic heterocycles. The van der Waals surface area contributed by atoms with Crippen LogP contribution in [-0.2, 0) is 16.0 Å². The molecule has 134 valence electrons. The van der Waals surface area contributed by atoms with Gasteiger partial charge in [0.15, 0.2) is 0 Å². The minimum Gasteiger partial charge on any atom is -0.399 e. The molecule has 2 aromatic rings. The summed E-state index contributed by atoms with van der Waals surface area (Å²) in [4.78, 5) is 25.6. The van der Waals surface area contributed by atoms with Gasteiger partial charge in [-0.05, 0) is 30.5 Å². The maximum atomic E-state index is 12.7. The molecule has 6 heteroatoms. The summed E-state index contributed by atoms with van der Waals surface area (Å²) in [5, 5.41) is 0. The minimum atomic E-state index is -0.523. The minimum absolute atomic E-state index is 0. The van der Waals surface area contributed by atoms with E-state index in [1.807, 2.05) is 61.5 Å². The first-order chi connectivity index (χ1) is 11.5. The Morgan fingerprint density at radius 2 is 1.64 bits per heavy atom. The normalized spacial score (nSPS) is 11.2. The van der Waals surface area contributed by atoms with Crippen LogP contribution in [0.4, 0.5) is 5.69 Å². The first-order valence-electron chi connectivity index (χ1n) is 7.95. The van der Waals surface area contributed by atoms with Crippen molar-refractivity contribution in [2.45, 2.75) is 25.8 Å². The summed E-state index contributed by atoms with van der Waals surface area (Å²) in [7, 11) is 0. The monoisotopic (exact) mass is 361 g/mol. The molecule has 5 nitrogen and oxygen atoms in total. The van der Waals surface area contributed by atoms with Gasteiger partial charge in [-0.3, -0.25) is 9.59 Å². The van der Waals surface area contributed by atoms with E-state index in [-0.39, 0.29) is 37.3 Å². The SMILES string of the molecule is C[C@H](c1ccccc1)N(CC(N)=O)C(=O)CCc1ccccc1N.Cl. The second kappa shape index (κ2) is 9.69. The average molecular weight is 362 g/mol. The molecule has 0 unspecified atom stereocenters. The van der Waals surface area contributed by atoms with Crippen LogP contribution in [0.3, 0.4) is 0 Å². The molecule has 0 saturated heterocycles. The molecule has 2 amide bonds. The smallest absolute Gasteiger partial charge is 0.237 e. The second-order valence-corrected chi connectivity index (χ2v) is 5.77. The highest BCUT2D eigenvalue weighted by Gasteiger charge is 2.23. The van der Waals surface area contributed by atoms with Crippen molar-refractivity contribution in [3.8, 4) is 0 Å². The van der Waals surface area contributed by atoms with E-state index in [1.54, 1.807) is 0 Å². The van der Waals surface area contributed by atoms with E-state index in [4.69, 9.17) is 11.5 Å². The van der Waals surface area contributed by atoms with Gasteiger partial charge in [0.1, 0.15) is 0 Å². The predicted molar refractivity (Wildman–Crippen MR) is 102 cm³/mol. The first kappa shape index (κ1) is 20.5. The molecule has 0 radical (unpaired) electrons. The summed E-state index contributed by atoms with van der Waals surface area (Å²) >= 11 is 0. The number of nitrogen functional groups attached to an aromatic ring is 1. The van der Waals surface area contributed by atoms with Crippen molar-refractivity contribution in [2.24, 2.45) is 5.73 Å². The Morgan fingerprint density at radius 1 is 1.04 bits per heavy atom. The maximum absolute atomic E-state index is 12.7.